The number of nitrogens with zero attached hydrogens (tertiary/aromatic N) is 1. The highest BCUT2D eigenvalue weighted by atomic mass is 32.2. The van der Waals surface area contributed by atoms with Crippen molar-refractivity contribution in [2.24, 2.45) is 5.73 Å². The zero-order valence-electron chi connectivity index (χ0n) is 14.8. The van der Waals surface area contributed by atoms with Crippen molar-refractivity contribution in [2.45, 2.75) is 43.7 Å². The average molecular weight is 399 g/mol. The lowest BCUT2D eigenvalue weighted by Gasteiger charge is -2.33. The van der Waals surface area contributed by atoms with E-state index in [1.807, 2.05) is 4.72 Å². The number of ether oxygens (including phenoxy) is 1. The molecule has 0 saturated heterocycles. The van der Waals surface area contributed by atoms with Crippen molar-refractivity contribution < 1.29 is 32.6 Å². The normalized spacial score (nSPS) is 17.6. The molecule has 10 nitrogen and oxygen atoms in total. The Morgan fingerprint density at radius 1 is 1.41 bits per heavy atom. The summed E-state index contributed by atoms with van der Waals surface area (Å²) in [7, 11) is -4.23. The number of nitrogens with one attached hydrogen (secondary N) is 1. The molecule has 1 aromatic carbocycles. The van der Waals surface area contributed by atoms with Crippen LogP contribution in [0.15, 0.2) is 23.1 Å². The number of nitrogens with two attached hydrogens (primary N) is 1. The van der Waals surface area contributed by atoms with Gasteiger partial charge in [-0.2, -0.15) is 4.72 Å². The van der Waals surface area contributed by atoms with Crippen LogP contribution in [0.1, 0.15) is 26.7 Å². The molecule has 1 heterocycles. The van der Waals surface area contributed by atoms with Crippen molar-refractivity contribution in [3.05, 3.63) is 18.2 Å². The number of hydrogen-bond acceptors (Lipinski definition) is 6. The molecule has 11 heteroatoms. The third kappa shape index (κ3) is 4.95. The first-order valence-electron chi connectivity index (χ1n) is 8.13. The van der Waals surface area contributed by atoms with Gasteiger partial charge in [-0.1, -0.05) is 0 Å². The number of benzene rings is 1. The number of carboxylic acids is 1. The van der Waals surface area contributed by atoms with Crippen LogP contribution < -0.4 is 20.1 Å². The molecule has 0 aromatic heterocycles. The van der Waals surface area contributed by atoms with Gasteiger partial charge in [0.2, 0.25) is 21.8 Å². The maximum Gasteiger partial charge on any atom is 0.321 e. The van der Waals surface area contributed by atoms with E-state index >= 15 is 0 Å². The Balaban J connectivity index is 2.33. The Hall–Kier alpha value is -2.66. The molecule has 0 spiro atoms. The van der Waals surface area contributed by atoms with E-state index in [1.54, 1.807) is 6.92 Å². The van der Waals surface area contributed by atoms with Crippen LogP contribution in [0.4, 0.5) is 5.69 Å². The minimum atomic E-state index is -4.23. The number of sulfonamides is 1. The van der Waals surface area contributed by atoms with Crippen LogP contribution in [-0.4, -0.2) is 50.0 Å². The molecule has 2 amide bonds. The molecular weight excluding hydrogens is 378 g/mol. The third-order valence-electron chi connectivity index (χ3n) is 3.95. The van der Waals surface area contributed by atoms with Gasteiger partial charge in [0.15, 0.2) is 0 Å². The predicted molar refractivity (Wildman–Crippen MR) is 94.7 cm³/mol. The highest BCUT2D eigenvalue weighted by molar-refractivity contribution is 7.89. The fourth-order valence-corrected chi connectivity index (χ4v) is 3.90. The lowest BCUT2D eigenvalue weighted by molar-refractivity contribution is -0.139. The van der Waals surface area contributed by atoms with Gasteiger partial charge in [0, 0.05) is 13.3 Å². The summed E-state index contributed by atoms with van der Waals surface area (Å²) in [6.07, 6.45) is -0.824. The summed E-state index contributed by atoms with van der Waals surface area (Å²) in [6, 6.07) is 2.40. The molecule has 0 bridgehead atoms. The minimum absolute atomic E-state index is 0.226. The van der Waals surface area contributed by atoms with Gasteiger partial charge in [-0.3, -0.25) is 14.4 Å². The second-order valence-electron chi connectivity index (χ2n) is 6.20. The molecule has 2 rings (SSSR count). The van der Waals surface area contributed by atoms with Crippen molar-refractivity contribution in [1.82, 2.24) is 4.72 Å². The first-order valence-corrected chi connectivity index (χ1v) is 9.62. The van der Waals surface area contributed by atoms with Gasteiger partial charge in [0.1, 0.15) is 17.9 Å². The molecule has 0 fully saturated rings. The Labute approximate surface area is 156 Å². The Morgan fingerprint density at radius 3 is 2.63 bits per heavy atom. The highest BCUT2D eigenvalue weighted by Gasteiger charge is 2.30. The van der Waals surface area contributed by atoms with Crippen LogP contribution in [0.3, 0.4) is 0 Å². The number of hydrogen-bond donors (Lipinski definition) is 3. The molecular formula is C16H21N3O7S. The van der Waals surface area contributed by atoms with E-state index in [4.69, 9.17) is 10.5 Å². The number of carbonyl (C=O) groups excluding carboxylic acids is 2. The van der Waals surface area contributed by atoms with Crippen LogP contribution >= 0.6 is 0 Å². The molecule has 148 valence electrons. The summed E-state index contributed by atoms with van der Waals surface area (Å²) in [5, 5.41) is 9.18. The number of carbonyl (C=O) groups is 3. The Bertz CT molecular complexity index is 869. The zero-order chi connectivity index (χ0) is 20.4. The molecule has 0 saturated carbocycles. The summed E-state index contributed by atoms with van der Waals surface area (Å²) >= 11 is 0. The number of amides is 2. The first kappa shape index (κ1) is 20.6. The molecule has 0 aliphatic carbocycles. The number of fused-ring (bicyclic) bond motifs is 1. The lowest BCUT2D eigenvalue weighted by atomic mass is 10.2. The summed E-state index contributed by atoms with van der Waals surface area (Å²) in [4.78, 5) is 35.2. The SMILES string of the molecule is CC(=O)N1CC(C)Oc2ccc(S(=O)(=O)NC(CCC(N)=O)C(=O)O)cc21. The summed E-state index contributed by atoms with van der Waals surface area (Å²) in [5.74, 6) is -2.09. The molecule has 2 unspecified atom stereocenters. The standard InChI is InChI=1S/C16H21N3O7S/c1-9-8-19(10(2)20)13-7-11(3-5-14(13)26-9)27(24,25)18-12(16(22)23)4-6-15(17)21/h3,5,7,9,12,18H,4,6,8H2,1-2H3,(H2,17,21)(H,22,23). The quantitative estimate of drug-likeness (QED) is 0.574. The second-order valence-corrected chi connectivity index (χ2v) is 7.92. The Kier molecular flexibility index (Phi) is 6.06. The fraction of sp³-hybridized carbons (Fsp3) is 0.438. The summed E-state index contributed by atoms with van der Waals surface area (Å²) < 4.78 is 32.8. The highest BCUT2D eigenvalue weighted by Crippen LogP contribution is 2.35. The summed E-state index contributed by atoms with van der Waals surface area (Å²) in [5.41, 5.74) is 5.27. The molecule has 27 heavy (non-hydrogen) atoms. The van der Waals surface area contributed by atoms with E-state index in [-0.39, 0.29) is 42.0 Å². The predicted octanol–water partition coefficient (Wildman–Crippen LogP) is -0.183. The van der Waals surface area contributed by atoms with Gasteiger partial charge >= 0.3 is 5.97 Å². The molecule has 1 aliphatic heterocycles. The van der Waals surface area contributed by atoms with Crippen molar-refractivity contribution in [3.8, 4) is 5.75 Å². The fourth-order valence-electron chi connectivity index (χ4n) is 2.66. The van der Waals surface area contributed by atoms with Gasteiger partial charge in [-0.25, -0.2) is 8.42 Å². The maximum absolute atomic E-state index is 12.6. The van der Waals surface area contributed by atoms with Crippen LogP contribution in [0, 0.1) is 0 Å². The van der Waals surface area contributed by atoms with Crippen molar-refractivity contribution in [2.75, 3.05) is 11.4 Å². The van der Waals surface area contributed by atoms with Crippen molar-refractivity contribution in [3.63, 3.8) is 0 Å². The van der Waals surface area contributed by atoms with Crippen LogP contribution in [0.25, 0.3) is 0 Å². The van der Waals surface area contributed by atoms with Gasteiger partial charge < -0.3 is 20.5 Å². The molecule has 0 radical (unpaired) electrons. The molecule has 2 atom stereocenters. The number of primary amides is 1. The zero-order valence-corrected chi connectivity index (χ0v) is 15.7. The van der Waals surface area contributed by atoms with E-state index in [0.29, 0.717) is 5.75 Å². The number of aliphatic carboxylic acids is 1. The first-order chi connectivity index (χ1) is 12.5. The summed E-state index contributed by atoms with van der Waals surface area (Å²) in [6.45, 7) is 3.39. The van der Waals surface area contributed by atoms with Gasteiger partial charge in [0.05, 0.1) is 17.1 Å². The van der Waals surface area contributed by atoms with Crippen LogP contribution in [-0.2, 0) is 24.4 Å². The number of rotatable bonds is 7. The average Bonchev–Trinajstić information content (AvgIpc) is 2.56. The van der Waals surface area contributed by atoms with E-state index < -0.39 is 27.9 Å². The van der Waals surface area contributed by atoms with Crippen LogP contribution in [0.5, 0.6) is 5.75 Å². The smallest absolute Gasteiger partial charge is 0.321 e. The van der Waals surface area contributed by atoms with E-state index in [2.05, 4.69) is 0 Å². The molecule has 1 aromatic rings. The topological polar surface area (TPSA) is 156 Å². The second kappa shape index (κ2) is 7.92. The minimum Gasteiger partial charge on any atom is -0.487 e. The Morgan fingerprint density at radius 2 is 2.07 bits per heavy atom. The number of carboxylic acid groups (broad SMARTS) is 1. The molecule has 1 aliphatic rings. The maximum atomic E-state index is 12.6. The van der Waals surface area contributed by atoms with Crippen LogP contribution in [0.2, 0.25) is 0 Å². The van der Waals surface area contributed by atoms with E-state index in [0.717, 1.165) is 0 Å². The van der Waals surface area contributed by atoms with E-state index in [9.17, 15) is 27.9 Å². The van der Waals surface area contributed by atoms with Gasteiger partial charge in [-0.15, -0.1) is 0 Å². The van der Waals surface area contributed by atoms with Crippen molar-refractivity contribution in [1.29, 1.82) is 0 Å². The van der Waals surface area contributed by atoms with Gasteiger partial charge in [-0.05, 0) is 31.5 Å². The van der Waals surface area contributed by atoms with Crippen molar-refractivity contribution >= 4 is 33.5 Å². The largest absolute Gasteiger partial charge is 0.487 e. The number of anilines is 1. The van der Waals surface area contributed by atoms with Gasteiger partial charge in [0.25, 0.3) is 0 Å². The molecule has 4 N–H and O–H groups in total. The lowest BCUT2D eigenvalue weighted by Crippen LogP contribution is -2.42. The third-order valence-corrected chi connectivity index (χ3v) is 5.42. The monoisotopic (exact) mass is 399 g/mol. The van der Waals surface area contributed by atoms with E-state index in [1.165, 1.54) is 30.0 Å².